The third kappa shape index (κ3) is 27.2. The molecule has 0 saturated carbocycles. The molecule has 12 heteroatoms. The summed E-state index contributed by atoms with van der Waals surface area (Å²) in [6, 6.07) is 0. The number of quaternary nitrogens is 1. The van der Waals surface area contributed by atoms with Gasteiger partial charge in [-0.15, -0.1) is 8.58 Å². The van der Waals surface area contributed by atoms with Gasteiger partial charge in [0.1, 0.15) is 6.61 Å². The van der Waals surface area contributed by atoms with Crippen molar-refractivity contribution in [2.24, 2.45) is 27.1 Å². The molecule has 0 rings (SSSR count). The summed E-state index contributed by atoms with van der Waals surface area (Å²) in [6.45, 7) is 33.9. The highest BCUT2D eigenvalue weighted by Crippen LogP contribution is 2.62. The van der Waals surface area contributed by atoms with Gasteiger partial charge in [-0.2, -0.15) is 25.3 Å². The minimum absolute atomic E-state index is 0.0155. The van der Waals surface area contributed by atoms with Crippen LogP contribution in [0.25, 0.3) is 0 Å². The largest absolute Gasteiger partial charge is 0.477 e. The highest BCUT2D eigenvalue weighted by atomic mass is 32.1. The Balaban J connectivity index is -0.000000324. The topological polar surface area (TPSA) is 122 Å². The summed E-state index contributed by atoms with van der Waals surface area (Å²) in [4.78, 5) is 41.4. The Morgan fingerprint density at radius 1 is 0.882 bits per heavy atom. The minimum atomic E-state index is -0.798. The zero-order chi connectivity index (χ0) is 41.2. The van der Waals surface area contributed by atoms with E-state index >= 15 is 0 Å². The molecular formula is C39H83N3O6PS2+. The van der Waals surface area contributed by atoms with Crippen molar-refractivity contribution in [1.82, 2.24) is 10.6 Å². The van der Waals surface area contributed by atoms with Gasteiger partial charge in [0.2, 0.25) is 12.3 Å². The van der Waals surface area contributed by atoms with Gasteiger partial charge in [0.25, 0.3) is 6.47 Å². The molecule has 0 saturated heterocycles. The molecule has 0 aliphatic rings. The van der Waals surface area contributed by atoms with E-state index in [1.165, 1.54) is 12.6 Å². The predicted molar refractivity (Wildman–Crippen MR) is 228 cm³/mol. The molecule has 0 aliphatic heterocycles. The van der Waals surface area contributed by atoms with E-state index in [0.29, 0.717) is 63.8 Å². The molecule has 2 unspecified atom stereocenters. The predicted octanol–water partition coefficient (Wildman–Crippen LogP) is 8.21. The van der Waals surface area contributed by atoms with Gasteiger partial charge in [-0.3, -0.25) is 14.4 Å². The highest BCUT2D eigenvalue weighted by molar-refractivity contribution is 7.80. The summed E-state index contributed by atoms with van der Waals surface area (Å²) in [7, 11) is 4.75. The normalized spacial score (nSPS) is 13.0. The summed E-state index contributed by atoms with van der Waals surface area (Å²) in [5, 5.41) is 14.2. The molecule has 0 aromatic heterocycles. The number of nitrogens with one attached hydrogen (secondary N) is 2. The Bertz CT molecular complexity index is 938. The zero-order valence-electron chi connectivity index (χ0n) is 35.8. The molecule has 306 valence electrons. The van der Waals surface area contributed by atoms with Crippen molar-refractivity contribution in [1.29, 1.82) is 0 Å². The summed E-state index contributed by atoms with van der Waals surface area (Å²) < 4.78 is 4.89. The van der Waals surface area contributed by atoms with Crippen LogP contribution in [0.3, 0.4) is 0 Å². The monoisotopic (exact) mass is 785 g/mol. The van der Waals surface area contributed by atoms with Crippen molar-refractivity contribution in [2.75, 3.05) is 66.0 Å². The number of likely N-dealkylation sites (N-methyl/N-ethyl adjacent to an activating group) is 1. The maximum Gasteiger partial charge on any atom is 0.359 e. The molecule has 0 spiro atoms. The van der Waals surface area contributed by atoms with Crippen molar-refractivity contribution >= 4 is 58.6 Å². The van der Waals surface area contributed by atoms with Crippen LogP contribution in [0.5, 0.6) is 0 Å². The van der Waals surface area contributed by atoms with Crippen LogP contribution < -0.4 is 10.6 Å². The average Bonchev–Trinajstić information content (AvgIpc) is 2.99. The fourth-order valence-electron chi connectivity index (χ4n) is 6.27. The standard InChI is InChI=1S/C19H41P.C11H21NO3S.C8H16N2O3.CH4S/c1-15(2,3)13-16(4,5)18(8,9)19(10,11)17(6,7)14-20-12;1-2-10(16)5-3-4-6-11(14)12-7-8-15-9-13;1-10(2,6-8(12)13)5-3-4-9-7-11;1-2/h20H,13-14H2,1-12H3;9-10,16H,2-8H2,1H3,(H,12,14);7H,3-6H2,1-2H3,(H-,9,11,12,13);2H,1H3/p+1. The number of rotatable bonds is 23. The molecule has 51 heavy (non-hydrogen) atoms. The molecule has 0 aliphatic carbocycles. The lowest BCUT2D eigenvalue weighted by Crippen LogP contribution is -2.53. The molecule has 2 amide bonds. The van der Waals surface area contributed by atoms with Crippen LogP contribution in [0.2, 0.25) is 0 Å². The summed E-state index contributed by atoms with van der Waals surface area (Å²) in [5.41, 5.74) is 1.67. The van der Waals surface area contributed by atoms with E-state index in [4.69, 9.17) is 5.11 Å². The van der Waals surface area contributed by atoms with Crippen LogP contribution in [-0.2, 0) is 23.9 Å². The third-order valence-corrected chi connectivity index (χ3v) is 12.4. The SMILES string of the molecule is CCC(S)CCCCC(=O)NCCOC=O.CPCC(C)(C)C(C)(C)C(C)(C)C(C)(C)CC(C)(C)C.CS.C[N+](C)(CCCNC=O)CC(=O)O. The lowest BCUT2D eigenvalue weighted by Gasteiger charge is -2.60. The van der Waals surface area contributed by atoms with Crippen LogP contribution in [0.1, 0.15) is 128 Å². The molecule has 0 aromatic carbocycles. The molecule has 0 aromatic rings. The van der Waals surface area contributed by atoms with Gasteiger partial charge in [0.05, 0.1) is 27.2 Å². The van der Waals surface area contributed by atoms with Crippen molar-refractivity contribution in [3.63, 3.8) is 0 Å². The second-order valence-electron chi connectivity index (χ2n) is 17.5. The highest BCUT2D eigenvalue weighted by Gasteiger charge is 2.54. The van der Waals surface area contributed by atoms with Crippen LogP contribution in [0, 0.1) is 27.1 Å². The Kier molecular flexibility index (Phi) is 31.6. The number of carboxylic acids is 1. The second-order valence-corrected chi connectivity index (χ2v) is 19.3. The van der Waals surface area contributed by atoms with Crippen molar-refractivity contribution < 1.29 is 33.5 Å². The number of unbranched alkanes of at least 4 members (excludes halogenated alkanes) is 1. The smallest absolute Gasteiger partial charge is 0.359 e. The summed E-state index contributed by atoms with van der Waals surface area (Å²) >= 11 is 7.91. The number of carbonyl (C=O) groups excluding carboxylic acids is 3. The van der Waals surface area contributed by atoms with Crippen molar-refractivity contribution in [3.05, 3.63) is 0 Å². The van der Waals surface area contributed by atoms with E-state index in [0.717, 1.165) is 47.2 Å². The molecule has 3 N–H and O–H groups in total. The van der Waals surface area contributed by atoms with Gasteiger partial charge in [-0.1, -0.05) is 89.5 Å². The Labute approximate surface area is 327 Å². The molecule has 9 nitrogen and oxygen atoms in total. The Hall–Kier alpha value is -1.03. The van der Waals surface area contributed by atoms with Crippen LogP contribution >= 0.6 is 33.8 Å². The van der Waals surface area contributed by atoms with E-state index in [9.17, 15) is 19.2 Å². The first-order valence-corrected chi connectivity index (χ1v) is 21.6. The first kappa shape index (κ1) is 56.7. The number of hydrogen-bond donors (Lipinski definition) is 5. The lowest BCUT2D eigenvalue weighted by atomic mass is 9.46. The van der Waals surface area contributed by atoms with Crippen LogP contribution in [0.15, 0.2) is 0 Å². The first-order chi connectivity index (χ1) is 23.2. The fraction of sp³-hybridized carbons (Fsp3) is 0.897. The van der Waals surface area contributed by atoms with Gasteiger partial charge in [-0.05, 0) is 71.8 Å². The van der Waals surface area contributed by atoms with E-state index < -0.39 is 5.97 Å². The average molecular weight is 785 g/mol. The second kappa shape index (κ2) is 28.4. The molecule has 0 bridgehead atoms. The number of thiol groups is 2. The number of nitrogens with zero attached hydrogens (tertiary/aromatic N) is 1. The maximum atomic E-state index is 11.2. The summed E-state index contributed by atoms with van der Waals surface area (Å²) in [6.07, 6.45) is 10.3. The lowest BCUT2D eigenvalue weighted by molar-refractivity contribution is -0.883. The Morgan fingerprint density at radius 3 is 1.84 bits per heavy atom. The summed E-state index contributed by atoms with van der Waals surface area (Å²) in [5.74, 6) is -0.782. The molecule has 0 radical (unpaired) electrons. The van der Waals surface area contributed by atoms with Gasteiger partial charge in [-0.25, -0.2) is 4.79 Å². The van der Waals surface area contributed by atoms with E-state index in [2.05, 4.69) is 130 Å². The van der Waals surface area contributed by atoms with Gasteiger partial charge in [0.15, 0.2) is 6.54 Å². The number of amides is 2. The Morgan fingerprint density at radius 2 is 1.41 bits per heavy atom. The minimum Gasteiger partial charge on any atom is -0.477 e. The number of ether oxygens (including phenoxy) is 1. The number of hydrogen-bond acceptors (Lipinski definition) is 7. The fourth-order valence-corrected chi connectivity index (χ4v) is 7.78. The van der Waals surface area contributed by atoms with E-state index in [-0.39, 0.29) is 24.5 Å². The van der Waals surface area contributed by atoms with Gasteiger partial charge >= 0.3 is 5.97 Å². The zero-order valence-corrected chi connectivity index (χ0v) is 38.5. The van der Waals surface area contributed by atoms with E-state index in [1.54, 1.807) is 6.26 Å². The quantitative estimate of drug-likeness (QED) is 0.0234. The van der Waals surface area contributed by atoms with Gasteiger partial charge in [0, 0.05) is 24.6 Å². The molecular weight excluding hydrogens is 702 g/mol. The van der Waals surface area contributed by atoms with Crippen molar-refractivity contribution in [2.45, 2.75) is 133 Å². The number of carboxylic acid groups (broad SMARTS) is 1. The first-order valence-electron chi connectivity index (χ1n) is 18.5. The third-order valence-electron chi connectivity index (χ3n) is 10.5. The number of aliphatic carboxylic acids is 1. The van der Waals surface area contributed by atoms with E-state index in [1.807, 2.05) is 14.1 Å². The molecule has 0 fully saturated rings. The molecule has 2 atom stereocenters. The molecule has 0 heterocycles. The van der Waals surface area contributed by atoms with Crippen molar-refractivity contribution in [3.8, 4) is 0 Å². The van der Waals surface area contributed by atoms with Crippen LogP contribution in [0.4, 0.5) is 0 Å². The maximum absolute atomic E-state index is 11.2. The van der Waals surface area contributed by atoms with Crippen LogP contribution in [-0.4, -0.2) is 106 Å². The number of carbonyl (C=O) groups is 4. The van der Waals surface area contributed by atoms with Gasteiger partial charge < -0.3 is 25.0 Å².